The van der Waals surface area contributed by atoms with E-state index in [2.05, 4.69) is 16.1 Å². The van der Waals surface area contributed by atoms with Crippen molar-refractivity contribution in [1.82, 2.24) is 14.6 Å². The molecule has 2 fully saturated rings. The van der Waals surface area contributed by atoms with Crippen LogP contribution in [0.2, 0.25) is 0 Å². The Balaban J connectivity index is 1.64. The highest BCUT2D eigenvalue weighted by Gasteiger charge is 2.58. The first-order chi connectivity index (χ1) is 20.3. The number of H-pyrrole nitrogens is 1. The van der Waals surface area contributed by atoms with Gasteiger partial charge in [0, 0.05) is 12.3 Å². The van der Waals surface area contributed by atoms with Gasteiger partial charge in [0.25, 0.3) is 5.56 Å². The summed E-state index contributed by atoms with van der Waals surface area (Å²) in [7, 11) is -4.35. The number of carbonyl (C=O) groups is 2. The Morgan fingerprint density at radius 2 is 1.91 bits per heavy atom. The summed E-state index contributed by atoms with van der Waals surface area (Å²) in [6.45, 7) is 5.67. The quantitative estimate of drug-likeness (QED) is 0.262. The Kier molecular flexibility index (Phi) is 9.92. The third-order valence-corrected chi connectivity index (χ3v) is 8.85. The summed E-state index contributed by atoms with van der Waals surface area (Å²) in [5, 5.41) is 12.9. The summed E-state index contributed by atoms with van der Waals surface area (Å²) in [6, 6.07) is 10.2. The van der Waals surface area contributed by atoms with Gasteiger partial charge in [-0.1, -0.05) is 24.6 Å². The molecule has 1 aromatic carbocycles. The molecule has 1 saturated carbocycles. The molecule has 2 N–H and O–H groups in total. The number of nitriles is 1. The summed E-state index contributed by atoms with van der Waals surface area (Å²) >= 11 is 0. The predicted octanol–water partition coefficient (Wildman–Crippen LogP) is 2.81. The topological polar surface area (TPSA) is 188 Å². The SMILES string of the molecule is CC(C)OC(=O)C(C)NP(=O)(OCC1OC(n2ccc(=O)[nH]c2=O)C(C)(C#N)C1OC(=O)C1CCC1)Oc1ccccc1. The lowest BCUT2D eigenvalue weighted by molar-refractivity contribution is -0.163. The molecular formula is C28H35N4O10P. The van der Waals surface area contributed by atoms with Crippen LogP contribution in [0, 0.1) is 22.7 Å². The number of rotatable bonds is 12. The van der Waals surface area contributed by atoms with Crippen LogP contribution in [-0.4, -0.2) is 52.5 Å². The number of nitrogens with one attached hydrogen (secondary N) is 2. The third kappa shape index (κ3) is 7.43. The molecule has 4 rings (SSSR count). The minimum absolute atomic E-state index is 0.169. The minimum atomic E-state index is -4.35. The maximum atomic E-state index is 14.0. The fourth-order valence-corrected chi connectivity index (χ4v) is 6.19. The summed E-state index contributed by atoms with van der Waals surface area (Å²) in [5.41, 5.74) is -3.13. The van der Waals surface area contributed by atoms with Crippen LogP contribution in [0.15, 0.2) is 52.2 Å². The number of benzene rings is 1. The monoisotopic (exact) mass is 618 g/mol. The van der Waals surface area contributed by atoms with Crippen LogP contribution in [0.5, 0.6) is 5.75 Å². The third-order valence-electron chi connectivity index (χ3n) is 7.21. The molecule has 43 heavy (non-hydrogen) atoms. The number of aromatic nitrogens is 2. The maximum absolute atomic E-state index is 14.0. The number of esters is 2. The number of para-hydroxylation sites is 1. The Hall–Kier alpha value is -3.76. The van der Waals surface area contributed by atoms with E-state index in [1.807, 2.05) is 0 Å². The summed E-state index contributed by atoms with van der Waals surface area (Å²) in [6.07, 6.45) is -0.946. The van der Waals surface area contributed by atoms with Crippen molar-refractivity contribution < 1.29 is 37.4 Å². The van der Waals surface area contributed by atoms with E-state index < -0.39 is 73.5 Å². The van der Waals surface area contributed by atoms with E-state index in [4.69, 9.17) is 23.3 Å². The molecule has 1 aromatic heterocycles. The second kappa shape index (κ2) is 13.3. The minimum Gasteiger partial charge on any atom is -0.462 e. The first-order valence-corrected chi connectivity index (χ1v) is 15.5. The van der Waals surface area contributed by atoms with Gasteiger partial charge in [-0.15, -0.1) is 0 Å². The van der Waals surface area contributed by atoms with E-state index in [1.54, 1.807) is 32.0 Å². The van der Waals surface area contributed by atoms with Crippen LogP contribution in [0.25, 0.3) is 0 Å². The van der Waals surface area contributed by atoms with Crippen molar-refractivity contribution >= 4 is 19.7 Å². The second-order valence-corrected chi connectivity index (χ2v) is 12.7. The number of nitrogens with zero attached hydrogens (tertiary/aromatic N) is 2. The van der Waals surface area contributed by atoms with E-state index in [0.29, 0.717) is 12.8 Å². The van der Waals surface area contributed by atoms with Crippen molar-refractivity contribution in [3.8, 4) is 11.8 Å². The Morgan fingerprint density at radius 1 is 1.21 bits per heavy atom. The number of ether oxygens (including phenoxy) is 3. The Labute approximate surface area is 247 Å². The lowest BCUT2D eigenvalue weighted by Crippen LogP contribution is -2.44. The van der Waals surface area contributed by atoms with Crippen LogP contribution in [-0.2, 0) is 32.9 Å². The largest absolute Gasteiger partial charge is 0.462 e. The van der Waals surface area contributed by atoms with Crippen molar-refractivity contribution in [3.05, 3.63) is 63.4 Å². The van der Waals surface area contributed by atoms with E-state index >= 15 is 0 Å². The first-order valence-electron chi connectivity index (χ1n) is 13.9. The molecule has 15 heteroatoms. The van der Waals surface area contributed by atoms with Crippen LogP contribution >= 0.6 is 7.75 Å². The summed E-state index contributed by atoms with van der Waals surface area (Å²) in [5.74, 6) is -1.41. The van der Waals surface area contributed by atoms with Gasteiger partial charge in [0.2, 0.25) is 0 Å². The van der Waals surface area contributed by atoms with E-state index in [9.17, 15) is 29.0 Å². The number of hydrogen-bond donors (Lipinski definition) is 2. The summed E-state index contributed by atoms with van der Waals surface area (Å²) < 4.78 is 43.6. The molecule has 2 aliphatic rings. The molecule has 1 aliphatic heterocycles. The van der Waals surface area contributed by atoms with Gasteiger partial charge < -0.3 is 18.7 Å². The molecule has 2 heterocycles. The molecule has 0 bridgehead atoms. The molecule has 0 spiro atoms. The lowest BCUT2D eigenvalue weighted by atomic mass is 9.82. The lowest BCUT2D eigenvalue weighted by Gasteiger charge is -2.32. The number of aromatic amines is 1. The molecule has 232 valence electrons. The zero-order valence-corrected chi connectivity index (χ0v) is 25.2. The van der Waals surface area contributed by atoms with Gasteiger partial charge in [-0.25, -0.2) is 9.36 Å². The number of carbonyl (C=O) groups excluding carboxylic acids is 2. The van der Waals surface area contributed by atoms with Gasteiger partial charge in [-0.05, 0) is 52.7 Å². The predicted molar refractivity (Wildman–Crippen MR) is 151 cm³/mol. The van der Waals surface area contributed by atoms with Crippen LogP contribution in [0.4, 0.5) is 0 Å². The molecule has 0 radical (unpaired) electrons. The molecule has 6 atom stereocenters. The zero-order chi connectivity index (χ0) is 31.4. The van der Waals surface area contributed by atoms with Crippen molar-refractivity contribution in [1.29, 1.82) is 5.26 Å². The number of hydrogen-bond acceptors (Lipinski definition) is 11. The van der Waals surface area contributed by atoms with Gasteiger partial charge in [0.05, 0.1) is 24.7 Å². The van der Waals surface area contributed by atoms with Crippen molar-refractivity contribution in [2.45, 2.75) is 77.5 Å². The Morgan fingerprint density at radius 3 is 2.49 bits per heavy atom. The zero-order valence-electron chi connectivity index (χ0n) is 24.3. The van der Waals surface area contributed by atoms with Crippen LogP contribution in [0.1, 0.15) is 53.2 Å². The first kappa shape index (κ1) is 32.2. The normalized spacial score (nSPS) is 25.6. The highest BCUT2D eigenvalue weighted by molar-refractivity contribution is 7.52. The maximum Gasteiger partial charge on any atom is 0.459 e. The Bertz CT molecular complexity index is 1520. The second-order valence-electron chi connectivity index (χ2n) is 11.0. The fraction of sp³-hybridized carbons (Fsp3) is 0.536. The molecule has 1 aliphatic carbocycles. The molecule has 0 amide bonds. The van der Waals surface area contributed by atoms with Crippen molar-refractivity contribution in [2.24, 2.45) is 11.3 Å². The van der Waals surface area contributed by atoms with E-state index in [0.717, 1.165) is 17.1 Å². The standard InChI is InChI=1S/C28H35N4O10P/c1-17(2)39-24(34)18(3)31-43(37,42-20-11-6-5-7-12-20)38-15-21-23(41-25(35)19-9-8-10-19)28(4,16-29)26(40-21)32-14-13-22(33)30-27(32)36/h5-7,11-14,17-19,21,23,26H,8-10,15H2,1-4H3,(H,31,37)(H,30,33,36). The van der Waals surface area contributed by atoms with Gasteiger partial charge in [0.15, 0.2) is 12.3 Å². The van der Waals surface area contributed by atoms with Gasteiger partial charge in [0.1, 0.15) is 23.3 Å². The average molecular weight is 619 g/mol. The van der Waals surface area contributed by atoms with E-state index in [-0.39, 0.29) is 11.7 Å². The van der Waals surface area contributed by atoms with Crippen molar-refractivity contribution in [3.63, 3.8) is 0 Å². The highest BCUT2D eigenvalue weighted by atomic mass is 31.2. The smallest absolute Gasteiger partial charge is 0.459 e. The van der Waals surface area contributed by atoms with E-state index in [1.165, 1.54) is 32.2 Å². The fourth-order valence-electron chi connectivity index (χ4n) is 4.69. The van der Waals surface area contributed by atoms with Gasteiger partial charge in [-0.3, -0.25) is 28.5 Å². The van der Waals surface area contributed by atoms with Gasteiger partial charge >= 0.3 is 25.4 Å². The average Bonchev–Trinajstić information content (AvgIpc) is 3.18. The molecule has 2 aromatic rings. The van der Waals surface area contributed by atoms with Crippen LogP contribution < -0.4 is 20.9 Å². The molecule has 14 nitrogen and oxygen atoms in total. The van der Waals surface area contributed by atoms with Crippen LogP contribution in [0.3, 0.4) is 0 Å². The highest BCUT2D eigenvalue weighted by Crippen LogP contribution is 2.50. The van der Waals surface area contributed by atoms with Crippen molar-refractivity contribution in [2.75, 3.05) is 6.61 Å². The molecular weight excluding hydrogens is 583 g/mol. The molecule has 6 unspecified atom stereocenters. The van der Waals surface area contributed by atoms with Gasteiger partial charge in [-0.2, -0.15) is 10.3 Å². The summed E-state index contributed by atoms with van der Waals surface area (Å²) in [4.78, 5) is 51.9. The molecule has 1 saturated heterocycles.